The number of carbonyl (C=O) groups excluding carboxylic acids is 1. The molecule has 0 unspecified atom stereocenters. The second-order valence-electron chi connectivity index (χ2n) is 2.50. The molecule has 66 valence electrons. The van der Waals surface area contributed by atoms with Gasteiger partial charge in [0.15, 0.2) is 0 Å². The smallest absolute Gasteiger partial charge is 0.267 e. The first kappa shape index (κ1) is 8.00. The third kappa shape index (κ3) is 1.33. The summed E-state index contributed by atoms with van der Waals surface area (Å²) in [5.74, 6) is -0.485. The number of carbonyl (C=O) groups is 1. The van der Waals surface area contributed by atoms with Gasteiger partial charge in [-0.2, -0.15) is 5.10 Å². The average Bonchev–Trinajstić information content (AvgIpc) is 2.74. The highest BCUT2D eigenvalue weighted by atomic mass is 32.1. The first-order valence-corrected chi connectivity index (χ1v) is 4.54. The van der Waals surface area contributed by atoms with E-state index in [2.05, 4.69) is 10.2 Å². The van der Waals surface area contributed by atoms with Crippen LogP contribution in [0.2, 0.25) is 0 Å². The topological polar surface area (TPSA) is 71.8 Å². The fraction of sp³-hybridized carbons (Fsp3) is 0. The highest BCUT2D eigenvalue weighted by Gasteiger charge is 2.12. The Balaban J connectivity index is 2.52. The summed E-state index contributed by atoms with van der Waals surface area (Å²) in [7, 11) is 0. The molecule has 0 fully saturated rings. The minimum atomic E-state index is -0.485. The minimum Gasteiger partial charge on any atom is -0.364 e. The van der Waals surface area contributed by atoms with Gasteiger partial charge in [-0.1, -0.05) is 6.07 Å². The van der Waals surface area contributed by atoms with Gasteiger partial charge < -0.3 is 5.73 Å². The van der Waals surface area contributed by atoms with Crippen LogP contribution in [0.5, 0.6) is 0 Å². The van der Waals surface area contributed by atoms with Crippen LogP contribution in [0.4, 0.5) is 0 Å². The fourth-order valence-electron chi connectivity index (χ4n) is 1.09. The first-order valence-electron chi connectivity index (χ1n) is 3.66. The molecule has 0 radical (unpaired) electrons. The molecule has 13 heavy (non-hydrogen) atoms. The number of primary amides is 1. The minimum absolute atomic E-state index is 0.363. The van der Waals surface area contributed by atoms with Crippen LogP contribution in [0, 0.1) is 0 Å². The number of aromatic nitrogens is 2. The Morgan fingerprint density at radius 3 is 3.08 bits per heavy atom. The van der Waals surface area contributed by atoms with Crippen molar-refractivity contribution in [3.05, 3.63) is 29.4 Å². The van der Waals surface area contributed by atoms with Crippen LogP contribution >= 0.6 is 11.3 Å². The Morgan fingerprint density at radius 1 is 1.62 bits per heavy atom. The molecule has 0 aliphatic carbocycles. The van der Waals surface area contributed by atoms with E-state index in [1.807, 2.05) is 17.5 Å². The van der Waals surface area contributed by atoms with Crippen LogP contribution in [0.15, 0.2) is 23.7 Å². The number of rotatable bonds is 2. The van der Waals surface area contributed by atoms with Crippen molar-refractivity contribution in [1.82, 2.24) is 10.2 Å². The Bertz CT molecular complexity index is 418. The highest BCUT2D eigenvalue weighted by Crippen LogP contribution is 2.26. The van der Waals surface area contributed by atoms with Crippen LogP contribution in [0.25, 0.3) is 10.4 Å². The van der Waals surface area contributed by atoms with Crippen molar-refractivity contribution in [1.29, 1.82) is 0 Å². The monoisotopic (exact) mass is 193 g/mol. The van der Waals surface area contributed by atoms with Crippen molar-refractivity contribution in [2.45, 2.75) is 0 Å². The SMILES string of the molecule is NC(=O)c1[nH]ncc1-c1cccs1. The maximum Gasteiger partial charge on any atom is 0.267 e. The standard InChI is InChI=1S/C8H7N3OS/c9-8(12)7-5(4-10-11-7)6-2-1-3-13-6/h1-4H,(H2,9,12)(H,10,11). The molecule has 0 aromatic carbocycles. The maximum atomic E-state index is 10.9. The van der Waals surface area contributed by atoms with Crippen molar-refractivity contribution in [3.8, 4) is 10.4 Å². The lowest BCUT2D eigenvalue weighted by molar-refractivity contribution is 0.0996. The van der Waals surface area contributed by atoms with Crippen LogP contribution in [-0.4, -0.2) is 16.1 Å². The summed E-state index contributed by atoms with van der Waals surface area (Å²) in [4.78, 5) is 11.9. The average molecular weight is 193 g/mol. The van der Waals surface area contributed by atoms with Gasteiger partial charge >= 0.3 is 0 Å². The van der Waals surface area contributed by atoms with Crippen LogP contribution in [-0.2, 0) is 0 Å². The van der Waals surface area contributed by atoms with E-state index in [1.165, 1.54) is 0 Å². The second kappa shape index (κ2) is 3.02. The number of H-pyrrole nitrogens is 1. The summed E-state index contributed by atoms with van der Waals surface area (Å²) < 4.78 is 0. The molecule has 0 spiro atoms. The van der Waals surface area contributed by atoms with Crippen molar-refractivity contribution >= 4 is 17.2 Å². The molecule has 2 heterocycles. The van der Waals surface area contributed by atoms with E-state index < -0.39 is 5.91 Å². The number of thiophene rings is 1. The van der Waals surface area contributed by atoms with Gasteiger partial charge in [-0.15, -0.1) is 11.3 Å². The Labute approximate surface area is 78.4 Å². The molecule has 4 nitrogen and oxygen atoms in total. The van der Waals surface area contributed by atoms with E-state index in [1.54, 1.807) is 17.5 Å². The van der Waals surface area contributed by atoms with E-state index in [4.69, 9.17) is 5.73 Å². The molecule has 0 aliphatic rings. The molecule has 2 rings (SSSR count). The number of nitrogens with zero attached hydrogens (tertiary/aromatic N) is 1. The number of aromatic amines is 1. The lowest BCUT2D eigenvalue weighted by Crippen LogP contribution is -2.12. The van der Waals surface area contributed by atoms with Gasteiger partial charge in [-0.25, -0.2) is 0 Å². The van der Waals surface area contributed by atoms with Gasteiger partial charge in [0.05, 0.1) is 6.20 Å². The molecule has 1 amide bonds. The molecule has 0 aliphatic heterocycles. The van der Waals surface area contributed by atoms with Crippen LogP contribution < -0.4 is 5.73 Å². The van der Waals surface area contributed by atoms with E-state index in [-0.39, 0.29) is 0 Å². The molecule has 0 atom stereocenters. The predicted molar refractivity (Wildman–Crippen MR) is 50.4 cm³/mol. The van der Waals surface area contributed by atoms with Crippen molar-refractivity contribution in [3.63, 3.8) is 0 Å². The van der Waals surface area contributed by atoms with Gasteiger partial charge in [0, 0.05) is 10.4 Å². The van der Waals surface area contributed by atoms with Crippen LogP contribution in [0.3, 0.4) is 0 Å². The normalized spacial score (nSPS) is 10.2. The van der Waals surface area contributed by atoms with E-state index in [0.717, 1.165) is 10.4 Å². The number of hydrogen-bond acceptors (Lipinski definition) is 3. The lowest BCUT2D eigenvalue weighted by Gasteiger charge is -1.93. The number of amides is 1. The quantitative estimate of drug-likeness (QED) is 0.753. The van der Waals surface area contributed by atoms with Crippen molar-refractivity contribution < 1.29 is 4.79 Å². The Kier molecular flexibility index (Phi) is 1.86. The number of nitrogens with one attached hydrogen (secondary N) is 1. The molecule has 2 aromatic heterocycles. The zero-order valence-electron chi connectivity index (χ0n) is 6.65. The molecular formula is C8H7N3OS. The lowest BCUT2D eigenvalue weighted by atomic mass is 10.2. The molecule has 0 saturated carbocycles. The molecule has 3 N–H and O–H groups in total. The summed E-state index contributed by atoms with van der Waals surface area (Å²) in [5, 5.41) is 8.29. The third-order valence-corrected chi connectivity index (χ3v) is 2.58. The van der Waals surface area contributed by atoms with Gasteiger partial charge in [0.2, 0.25) is 0 Å². The summed E-state index contributed by atoms with van der Waals surface area (Å²) >= 11 is 1.54. The highest BCUT2D eigenvalue weighted by molar-refractivity contribution is 7.13. The zero-order valence-corrected chi connectivity index (χ0v) is 7.47. The third-order valence-electron chi connectivity index (χ3n) is 1.67. The van der Waals surface area contributed by atoms with E-state index >= 15 is 0 Å². The van der Waals surface area contributed by atoms with E-state index in [0.29, 0.717) is 5.69 Å². The zero-order chi connectivity index (χ0) is 9.26. The molecule has 0 bridgehead atoms. The number of hydrogen-bond donors (Lipinski definition) is 2. The predicted octanol–water partition coefficient (Wildman–Crippen LogP) is 1.24. The summed E-state index contributed by atoms with van der Waals surface area (Å²) in [6.45, 7) is 0. The summed E-state index contributed by atoms with van der Waals surface area (Å²) in [6.07, 6.45) is 1.60. The maximum absolute atomic E-state index is 10.9. The fourth-order valence-corrected chi connectivity index (χ4v) is 1.84. The van der Waals surface area contributed by atoms with Crippen molar-refractivity contribution in [2.75, 3.05) is 0 Å². The van der Waals surface area contributed by atoms with E-state index in [9.17, 15) is 4.79 Å². The second-order valence-corrected chi connectivity index (χ2v) is 3.45. The molecule has 2 aromatic rings. The first-order chi connectivity index (χ1) is 6.29. The summed E-state index contributed by atoms with van der Waals surface area (Å²) in [5.41, 5.74) is 6.29. The van der Waals surface area contributed by atoms with Gasteiger partial charge in [-0.05, 0) is 11.4 Å². The van der Waals surface area contributed by atoms with Gasteiger partial charge in [-0.3, -0.25) is 9.89 Å². The van der Waals surface area contributed by atoms with Gasteiger partial charge in [0.25, 0.3) is 5.91 Å². The summed E-state index contributed by atoms with van der Waals surface area (Å²) in [6, 6.07) is 3.83. The largest absolute Gasteiger partial charge is 0.364 e. The Hall–Kier alpha value is -1.62. The molecular weight excluding hydrogens is 186 g/mol. The molecule has 0 saturated heterocycles. The number of nitrogens with two attached hydrogens (primary N) is 1. The molecule has 5 heteroatoms. The van der Waals surface area contributed by atoms with Gasteiger partial charge in [0.1, 0.15) is 5.69 Å². The van der Waals surface area contributed by atoms with Crippen LogP contribution in [0.1, 0.15) is 10.5 Å². The van der Waals surface area contributed by atoms with Crippen molar-refractivity contribution in [2.24, 2.45) is 5.73 Å². The Morgan fingerprint density at radius 2 is 2.46 bits per heavy atom.